The third-order valence-electron chi connectivity index (χ3n) is 3.34. The fourth-order valence-corrected chi connectivity index (χ4v) is 2.17. The summed E-state index contributed by atoms with van der Waals surface area (Å²) in [6.45, 7) is -0.680. The maximum absolute atomic E-state index is 11.8. The number of phenols is 2. The van der Waals surface area contributed by atoms with Crippen molar-refractivity contribution in [2.75, 3.05) is 6.61 Å². The van der Waals surface area contributed by atoms with Crippen molar-refractivity contribution in [1.82, 2.24) is 0 Å². The Kier molecular flexibility index (Phi) is 4.57. The Balaban J connectivity index is 1.62. The van der Waals surface area contributed by atoms with Crippen LogP contribution in [-0.4, -0.2) is 28.8 Å². The van der Waals surface area contributed by atoms with E-state index in [9.17, 15) is 24.6 Å². The largest absolute Gasteiger partial charge is 0.508 e. The minimum absolute atomic E-state index is 0.180. The number of benzene rings is 2. The molecule has 1 heterocycles. The Morgan fingerprint density at radius 3 is 2.58 bits per heavy atom. The van der Waals surface area contributed by atoms with Crippen LogP contribution in [0.25, 0.3) is 11.0 Å². The van der Waals surface area contributed by atoms with E-state index in [0.717, 1.165) is 12.1 Å². The molecule has 132 valence electrons. The highest BCUT2D eigenvalue weighted by Gasteiger charge is 2.16. The van der Waals surface area contributed by atoms with E-state index in [1.807, 2.05) is 0 Å². The number of esters is 2. The topological polar surface area (TPSA) is 123 Å². The van der Waals surface area contributed by atoms with Crippen molar-refractivity contribution < 1.29 is 33.7 Å². The number of carbonyl (C=O) groups is 2. The Labute approximate surface area is 145 Å². The third kappa shape index (κ3) is 3.81. The zero-order valence-corrected chi connectivity index (χ0v) is 13.2. The first-order valence-electron chi connectivity index (χ1n) is 7.36. The van der Waals surface area contributed by atoms with E-state index in [2.05, 4.69) is 0 Å². The predicted molar refractivity (Wildman–Crippen MR) is 88.2 cm³/mol. The molecule has 0 aliphatic rings. The van der Waals surface area contributed by atoms with E-state index < -0.39 is 29.9 Å². The molecule has 2 aromatic carbocycles. The van der Waals surface area contributed by atoms with E-state index >= 15 is 0 Å². The lowest BCUT2D eigenvalue weighted by Gasteiger charge is -2.07. The van der Waals surface area contributed by atoms with Gasteiger partial charge in [-0.25, -0.2) is 14.4 Å². The number of aromatic hydroxyl groups is 2. The van der Waals surface area contributed by atoms with Gasteiger partial charge in [-0.15, -0.1) is 0 Å². The number of hydrogen-bond donors (Lipinski definition) is 2. The molecule has 8 nitrogen and oxygen atoms in total. The molecule has 0 aliphatic heterocycles. The predicted octanol–water partition coefficient (Wildman–Crippen LogP) is 1.97. The van der Waals surface area contributed by atoms with Crippen LogP contribution in [0.15, 0.2) is 57.7 Å². The molecule has 8 heteroatoms. The first kappa shape index (κ1) is 17.0. The Hall–Kier alpha value is -3.81. The summed E-state index contributed by atoms with van der Waals surface area (Å²) in [6.07, 6.45) is 0. The number of ether oxygens (including phenoxy) is 2. The van der Waals surface area contributed by atoms with Gasteiger partial charge in [0.1, 0.15) is 28.4 Å². The average Bonchev–Trinajstić information content (AvgIpc) is 2.60. The van der Waals surface area contributed by atoms with E-state index in [1.165, 1.54) is 36.4 Å². The number of fused-ring (bicyclic) bond motifs is 1. The van der Waals surface area contributed by atoms with E-state index in [-0.39, 0.29) is 17.1 Å². The second-order valence-corrected chi connectivity index (χ2v) is 5.21. The van der Waals surface area contributed by atoms with Crippen LogP contribution in [0, 0.1) is 0 Å². The highest BCUT2D eigenvalue weighted by molar-refractivity contribution is 5.93. The summed E-state index contributed by atoms with van der Waals surface area (Å²) in [5, 5.41) is 19.3. The van der Waals surface area contributed by atoms with Crippen molar-refractivity contribution in [3.05, 3.63) is 64.5 Å². The smallest absolute Gasteiger partial charge is 0.349 e. The number of hydrogen-bond acceptors (Lipinski definition) is 8. The zero-order valence-electron chi connectivity index (χ0n) is 13.2. The van der Waals surface area contributed by atoms with Gasteiger partial charge in [-0.1, -0.05) is 0 Å². The van der Waals surface area contributed by atoms with Crippen LogP contribution < -0.4 is 10.4 Å². The van der Waals surface area contributed by atoms with Crippen LogP contribution in [0.4, 0.5) is 0 Å². The number of phenolic OH excluding ortho intramolecular Hbond substituents is 2. The standard InChI is InChI=1S/C18H12O8/c19-11-2-4-13(14(20)8-11)18(23)24-9-17(22)25-12-3-5-15-10(7-12)1-6-16(21)26-15/h1-8,19-20H,9H2. The second-order valence-electron chi connectivity index (χ2n) is 5.21. The van der Waals surface area contributed by atoms with Crippen molar-refractivity contribution in [1.29, 1.82) is 0 Å². The van der Waals surface area contributed by atoms with Gasteiger partial charge in [-0.05, 0) is 36.4 Å². The molecule has 0 radical (unpaired) electrons. The van der Waals surface area contributed by atoms with E-state index in [0.29, 0.717) is 11.0 Å². The van der Waals surface area contributed by atoms with Gasteiger partial charge in [0, 0.05) is 17.5 Å². The Bertz CT molecular complexity index is 1050. The van der Waals surface area contributed by atoms with Crippen molar-refractivity contribution in [3.63, 3.8) is 0 Å². The molecule has 0 saturated carbocycles. The molecule has 0 atom stereocenters. The second kappa shape index (κ2) is 6.98. The van der Waals surface area contributed by atoms with Crippen molar-refractivity contribution >= 4 is 22.9 Å². The van der Waals surface area contributed by atoms with Crippen LogP contribution in [0.3, 0.4) is 0 Å². The maximum atomic E-state index is 11.8. The van der Waals surface area contributed by atoms with Crippen LogP contribution in [-0.2, 0) is 9.53 Å². The van der Waals surface area contributed by atoms with E-state index in [1.54, 1.807) is 0 Å². The fourth-order valence-electron chi connectivity index (χ4n) is 2.17. The number of carbonyl (C=O) groups excluding carboxylic acids is 2. The summed E-state index contributed by atoms with van der Waals surface area (Å²) in [4.78, 5) is 34.8. The molecule has 0 spiro atoms. The van der Waals surface area contributed by atoms with Crippen molar-refractivity contribution in [2.45, 2.75) is 0 Å². The molecule has 0 unspecified atom stereocenters. The minimum Gasteiger partial charge on any atom is -0.508 e. The molecular formula is C18H12O8. The summed E-state index contributed by atoms with van der Waals surface area (Å²) < 4.78 is 14.8. The first-order valence-corrected chi connectivity index (χ1v) is 7.36. The molecule has 0 aliphatic carbocycles. The van der Waals surface area contributed by atoms with Crippen LogP contribution in [0.1, 0.15) is 10.4 Å². The Morgan fingerprint density at radius 2 is 1.81 bits per heavy atom. The molecule has 3 aromatic rings. The van der Waals surface area contributed by atoms with Crippen molar-refractivity contribution in [3.8, 4) is 17.2 Å². The minimum atomic E-state index is -0.945. The van der Waals surface area contributed by atoms with Crippen molar-refractivity contribution in [2.24, 2.45) is 0 Å². The van der Waals surface area contributed by atoms with Gasteiger partial charge in [-0.2, -0.15) is 0 Å². The molecule has 0 fully saturated rings. The lowest BCUT2D eigenvalue weighted by atomic mass is 10.2. The molecule has 2 N–H and O–H groups in total. The van der Waals surface area contributed by atoms with Gasteiger partial charge in [0.05, 0.1) is 0 Å². The van der Waals surface area contributed by atoms with Crippen LogP contribution in [0.2, 0.25) is 0 Å². The monoisotopic (exact) mass is 356 g/mol. The average molecular weight is 356 g/mol. The molecule has 1 aromatic heterocycles. The molecule has 0 bridgehead atoms. The summed E-state index contributed by atoms with van der Waals surface area (Å²) >= 11 is 0. The summed E-state index contributed by atoms with van der Waals surface area (Å²) in [7, 11) is 0. The molecular weight excluding hydrogens is 344 g/mol. The summed E-state index contributed by atoms with van der Waals surface area (Å²) in [5.41, 5.74) is -0.352. The van der Waals surface area contributed by atoms with Gasteiger partial charge < -0.3 is 24.1 Å². The zero-order chi connectivity index (χ0) is 18.7. The number of rotatable bonds is 4. The SMILES string of the molecule is O=C(COC(=O)c1ccc(O)cc1O)Oc1ccc2oc(=O)ccc2c1. The summed E-state index contributed by atoms with van der Waals surface area (Å²) in [6, 6.07) is 10.5. The molecule has 0 saturated heterocycles. The van der Waals surface area contributed by atoms with E-state index in [4.69, 9.17) is 13.9 Å². The van der Waals surface area contributed by atoms with Gasteiger partial charge >= 0.3 is 17.6 Å². The van der Waals surface area contributed by atoms with Crippen LogP contribution in [0.5, 0.6) is 17.2 Å². The third-order valence-corrected chi connectivity index (χ3v) is 3.34. The van der Waals surface area contributed by atoms with Crippen LogP contribution >= 0.6 is 0 Å². The molecule has 3 rings (SSSR count). The van der Waals surface area contributed by atoms with Gasteiger partial charge in [-0.3, -0.25) is 0 Å². The molecule has 0 amide bonds. The highest BCUT2D eigenvalue weighted by Crippen LogP contribution is 2.23. The van der Waals surface area contributed by atoms with Gasteiger partial charge in [0.15, 0.2) is 6.61 Å². The molecule has 26 heavy (non-hydrogen) atoms. The Morgan fingerprint density at radius 1 is 1.00 bits per heavy atom. The first-order chi connectivity index (χ1) is 12.4. The van der Waals surface area contributed by atoms with Gasteiger partial charge in [0.25, 0.3) is 0 Å². The lowest BCUT2D eigenvalue weighted by molar-refractivity contribution is -0.137. The quantitative estimate of drug-likeness (QED) is 0.413. The fraction of sp³-hybridized carbons (Fsp3) is 0.0556. The van der Waals surface area contributed by atoms with Gasteiger partial charge in [0.2, 0.25) is 0 Å². The maximum Gasteiger partial charge on any atom is 0.349 e. The summed E-state index contributed by atoms with van der Waals surface area (Å²) in [5.74, 6) is -2.29. The highest BCUT2D eigenvalue weighted by atomic mass is 16.6. The normalized spacial score (nSPS) is 10.5. The lowest BCUT2D eigenvalue weighted by Crippen LogP contribution is -2.19.